The molecule has 0 amide bonds. The zero-order valence-electron chi connectivity index (χ0n) is 8.79. The number of halogens is 3. The molecule has 1 aromatic heterocycles. The summed E-state index contributed by atoms with van der Waals surface area (Å²) in [6, 6.07) is 7.10. The van der Waals surface area contributed by atoms with E-state index in [1.807, 2.05) is 29.6 Å². The third-order valence-electron chi connectivity index (χ3n) is 2.47. The quantitative estimate of drug-likeness (QED) is 0.853. The van der Waals surface area contributed by atoms with Crippen LogP contribution in [0.4, 0.5) is 0 Å². The summed E-state index contributed by atoms with van der Waals surface area (Å²) >= 11 is 19.8. The molecule has 0 aliphatic carbocycles. The SMILES string of the molecule is NC(Cc1c(Cl)cccc1Cl)c1sccc1Cl. The van der Waals surface area contributed by atoms with E-state index in [1.165, 1.54) is 0 Å². The largest absolute Gasteiger partial charge is 0.323 e. The van der Waals surface area contributed by atoms with Crippen LogP contribution in [0.1, 0.15) is 16.5 Å². The Hall–Kier alpha value is -0.250. The Balaban J connectivity index is 2.25. The van der Waals surface area contributed by atoms with Crippen LogP contribution < -0.4 is 5.73 Å². The minimum absolute atomic E-state index is 0.181. The fourth-order valence-electron chi connectivity index (χ4n) is 1.61. The first-order valence-electron chi connectivity index (χ1n) is 5.01. The Bertz CT molecular complexity index is 504. The van der Waals surface area contributed by atoms with E-state index in [-0.39, 0.29) is 6.04 Å². The molecular formula is C12H10Cl3NS. The summed E-state index contributed by atoms with van der Waals surface area (Å²) in [6.07, 6.45) is 0.582. The van der Waals surface area contributed by atoms with E-state index < -0.39 is 0 Å². The van der Waals surface area contributed by atoms with Gasteiger partial charge in [0.05, 0.1) is 5.02 Å². The lowest BCUT2D eigenvalue weighted by Gasteiger charge is -2.13. The molecule has 5 heteroatoms. The maximum absolute atomic E-state index is 6.12. The predicted octanol–water partition coefficient (Wildman–Crippen LogP) is 4.95. The summed E-state index contributed by atoms with van der Waals surface area (Å²) in [6.45, 7) is 0. The number of rotatable bonds is 3. The van der Waals surface area contributed by atoms with Crippen molar-refractivity contribution in [3.8, 4) is 0 Å². The Labute approximate surface area is 119 Å². The standard InChI is InChI=1S/C12H10Cl3NS/c13-8-2-1-3-9(14)7(8)6-11(16)12-10(15)4-5-17-12/h1-5,11H,6,16H2. The van der Waals surface area contributed by atoms with Crippen LogP contribution in [0.25, 0.3) is 0 Å². The van der Waals surface area contributed by atoms with E-state index in [1.54, 1.807) is 11.3 Å². The monoisotopic (exact) mass is 305 g/mol. The third kappa shape index (κ3) is 2.95. The topological polar surface area (TPSA) is 26.0 Å². The predicted molar refractivity (Wildman–Crippen MR) is 76.4 cm³/mol. The van der Waals surface area contributed by atoms with Crippen LogP contribution in [0.2, 0.25) is 15.1 Å². The molecule has 0 aliphatic heterocycles. The van der Waals surface area contributed by atoms with E-state index >= 15 is 0 Å². The summed E-state index contributed by atoms with van der Waals surface area (Å²) in [5.41, 5.74) is 6.99. The Morgan fingerprint density at radius 1 is 1.06 bits per heavy atom. The molecule has 17 heavy (non-hydrogen) atoms. The van der Waals surface area contributed by atoms with Gasteiger partial charge in [-0.3, -0.25) is 0 Å². The number of nitrogens with two attached hydrogens (primary N) is 1. The van der Waals surface area contributed by atoms with E-state index in [2.05, 4.69) is 0 Å². The average molecular weight is 307 g/mol. The Morgan fingerprint density at radius 2 is 1.71 bits per heavy atom. The van der Waals surface area contributed by atoms with Crippen molar-refractivity contribution in [3.63, 3.8) is 0 Å². The van der Waals surface area contributed by atoms with Crippen molar-refractivity contribution in [1.29, 1.82) is 0 Å². The number of hydrogen-bond donors (Lipinski definition) is 1. The first-order chi connectivity index (χ1) is 8.09. The summed E-state index contributed by atoms with van der Waals surface area (Å²) in [5.74, 6) is 0. The summed E-state index contributed by atoms with van der Waals surface area (Å²) in [4.78, 5) is 0.961. The Kier molecular flexibility index (Phi) is 4.34. The second kappa shape index (κ2) is 5.59. The molecular weight excluding hydrogens is 297 g/mol. The highest BCUT2D eigenvalue weighted by Crippen LogP contribution is 2.33. The van der Waals surface area contributed by atoms with Crippen molar-refractivity contribution in [1.82, 2.24) is 0 Å². The van der Waals surface area contributed by atoms with Crippen LogP contribution in [-0.2, 0) is 6.42 Å². The van der Waals surface area contributed by atoms with Gasteiger partial charge < -0.3 is 5.73 Å². The lowest BCUT2D eigenvalue weighted by molar-refractivity contribution is 0.737. The number of hydrogen-bond acceptors (Lipinski definition) is 2. The van der Waals surface area contributed by atoms with E-state index in [0.717, 1.165) is 10.4 Å². The fourth-order valence-corrected chi connectivity index (χ4v) is 3.36. The van der Waals surface area contributed by atoms with Gasteiger partial charge in [0.2, 0.25) is 0 Å². The van der Waals surface area contributed by atoms with Crippen molar-refractivity contribution < 1.29 is 0 Å². The highest BCUT2D eigenvalue weighted by atomic mass is 35.5. The second-order valence-electron chi connectivity index (χ2n) is 3.64. The van der Waals surface area contributed by atoms with Crippen molar-refractivity contribution in [2.75, 3.05) is 0 Å². The van der Waals surface area contributed by atoms with Gasteiger partial charge in [0, 0.05) is 21.0 Å². The molecule has 1 atom stereocenters. The van der Waals surface area contributed by atoms with Crippen LogP contribution in [0, 0.1) is 0 Å². The normalized spacial score (nSPS) is 12.7. The minimum Gasteiger partial charge on any atom is -0.323 e. The third-order valence-corrected chi connectivity index (χ3v) is 4.67. The van der Waals surface area contributed by atoms with Gasteiger partial charge in [-0.2, -0.15) is 0 Å². The van der Waals surface area contributed by atoms with Crippen LogP contribution in [0.5, 0.6) is 0 Å². The molecule has 2 rings (SSSR count). The summed E-state index contributed by atoms with van der Waals surface area (Å²) in [7, 11) is 0. The highest BCUT2D eigenvalue weighted by Gasteiger charge is 2.15. The second-order valence-corrected chi connectivity index (χ2v) is 5.81. The molecule has 1 aromatic carbocycles. The molecule has 0 radical (unpaired) electrons. The lowest BCUT2D eigenvalue weighted by Crippen LogP contribution is -2.12. The molecule has 2 aromatic rings. The molecule has 1 nitrogen and oxygen atoms in total. The smallest absolute Gasteiger partial charge is 0.0561 e. The molecule has 0 fully saturated rings. The van der Waals surface area contributed by atoms with Gasteiger partial charge >= 0.3 is 0 Å². The zero-order chi connectivity index (χ0) is 12.4. The molecule has 0 aliphatic rings. The van der Waals surface area contributed by atoms with E-state index in [0.29, 0.717) is 21.5 Å². The zero-order valence-corrected chi connectivity index (χ0v) is 11.9. The van der Waals surface area contributed by atoms with Gasteiger partial charge in [-0.05, 0) is 35.6 Å². The number of benzene rings is 1. The fraction of sp³-hybridized carbons (Fsp3) is 0.167. The van der Waals surface area contributed by atoms with Gasteiger partial charge in [0.25, 0.3) is 0 Å². The van der Waals surface area contributed by atoms with Crippen LogP contribution in [0.15, 0.2) is 29.6 Å². The van der Waals surface area contributed by atoms with Gasteiger partial charge in [0.1, 0.15) is 0 Å². The summed E-state index contributed by atoms with van der Waals surface area (Å²) < 4.78 is 0. The maximum Gasteiger partial charge on any atom is 0.0561 e. The van der Waals surface area contributed by atoms with Crippen molar-refractivity contribution in [2.24, 2.45) is 5.73 Å². The minimum atomic E-state index is -0.181. The van der Waals surface area contributed by atoms with E-state index in [4.69, 9.17) is 40.5 Å². The lowest BCUT2D eigenvalue weighted by atomic mass is 10.1. The van der Waals surface area contributed by atoms with Gasteiger partial charge in [0.15, 0.2) is 0 Å². The first-order valence-corrected chi connectivity index (χ1v) is 7.02. The molecule has 1 heterocycles. The summed E-state index contributed by atoms with van der Waals surface area (Å²) in [5, 5.41) is 3.90. The van der Waals surface area contributed by atoms with Crippen LogP contribution in [0.3, 0.4) is 0 Å². The Morgan fingerprint density at radius 3 is 2.24 bits per heavy atom. The van der Waals surface area contributed by atoms with Crippen LogP contribution in [-0.4, -0.2) is 0 Å². The maximum atomic E-state index is 6.12. The van der Waals surface area contributed by atoms with Gasteiger partial charge in [-0.25, -0.2) is 0 Å². The molecule has 0 saturated heterocycles. The molecule has 0 bridgehead atoms. The first kappa shape index (κ1) is 13.2. The number of thiophene rings is 1. The highest BCUT2D eigenvalue weighted by molar-refractivity contribution is 7.10. The van der Waals surface area contributed by atoms with Gasteiger partial charge in [-0.1, -0.05) is 40.9 Å². The molecule has 0 saturated carbocycles. The van der Waals surface area contributed by atoms with Crippen molar-refractivity contribution in [2.45, 2.75) is 12.5 Å². The average Bonchev–Trinajstić information content (AvgIpc) is 2.70. The van der Waals surface area contributed by atoms with E-state index in [9.17, 15) is 0 Å². The molecule has 90 valence electrons. The molecule has 0 spiro atoms. The van der Waals surface area contributed by atoms with Gasteiger partial charge in [-0.15, -0.1) is 11.3 Å². The van der Waals surface area contributed by atoms with Crippen molar-refractivity contribution >= 4 is 46.1 Å². The van der Waals surface area contributed by atoms with Crippen molar-refractivity contribution in [3.05, 3.63) is 55.2 Å². The molecule has 2 N–H and O–H groups in total. The molecule has 1 unspecified atom stereocenters. The van der Waals surface area contributed by atoms with Crippen LogP contribution >= 0.6 is 46.1 Å².